The van der Waals surface area contributed by atoms with Gasteiger partial charge in [-0.05, 0) is 31.4 Å². The zero-order valence-corrected chi connectivity index (χ0v) is 13.3. The summed E-state index contributed by atoms with van der Waals surface area (Å²) in [5, 5.41) is 2.71. The van der Waals surface area contributed by atoms with E-state index in [0.29, 0.717) is 5.82 Å². The van der Waals surface area contributed by atoms with Gasteiger partial charge in [0.2, 0.25) is 5.91 Å². The molecule has 0 aliphatic heterocycles. The molecule has 0 atom stereocenters. The number of hydrogen-bond acceptors (Lipinski definition) is 5. The third-order valence-corrected chi connectivity index (χ3v) is 5.56. The first-order valence-corrected chi connectivity index (χ1v) is 9.12. The Morgan fingerprint density at radius 2 is 1.91 bits per heavy atom. The second-order valence-corrected chi connectivity index (χ2v) is 7.54. The monoisotopic (exact) mass is 331 g/mol. The van der Waals surface area contributed by atoms with Crippen molar-refractivity contribution in [1.82, 2.24) is 9.97 Å². The van der Waals surface area contributed by atoms with E-state index in [9.17, 15) is 13.2 Å². The van der Waals surface area contributed by atoms with Gasteiger partial charge < -0.3 is 5.32 Å². The highest BCUT2D eigenvalue weighted by atomic mass is 32.2. The Morgan fingerprint density at radius 1 is 1.13 bits per heavy atom. The number of aromatic nitrogens is 2. The van der Waals surface area contributed by atoms with E-state index < -0.39 is 9.84 Å². The van der Waals surface area contributed by atoms with Gasteiger partial charge in [-0.2, -0.15) is 0 Å². The van der Waals surface area contributed by atoms with Gasteiger partial charge in [0.15, 0.2) is 9.84 Å². The molecule has 0 unspecified atom stereocenters. The van der Waals surface area contributed by atoms with Crippen molar-refractivity contribution in [2.75, 3.05) is 11.1 Å². The maximum atomic E-state index is 12.2. The van der Waals surface area contributed by atoms with Crippen molar-refractivity contribution < 1.29 is 13.2 Å². The van der Waals surface area contributed by atoms with Crippen molar-refractivity contribution in [3.05, 3.63) is 47.9 Å². The summed E-state index contributed by atoms with van der Waals surface area (Å²) in [5.41, 5.74) is 1.93. The van der Waals surface area contributed by atoms with Crippen LogP contribution in [0.4, 0.5) is 5.82 Å². The van der Waals surface area contributed by atoms with Gasteiger partial charge in [-0.1, -0.05) is 18.2 Å². The molecule has 0 radical (unpaired) electrons. The van der Waals surface area contributed by atoms with Crippen LogP contribution in [0.2, 0.25) is 0 Å². The lowest BCUT2D eigenvalue weighted by Crippen LogP contribution is -2.19. The van der Waals surface area contributed by atoms with E-state index in [4.69, 9.17) is 0 Å². The molecule has 120 valence electrons. The molecule has 1 aliphatic carbocycles. The molecule has 0 saturated heterocycles. The minimum absolute atomic E-state index is 0.101. The minimum atomic E-state index is -3.45. The van der Waals surface area contributed by atoms with Gasteiger partial charge >= 0.3 is 0 Å². The number of nitrogens with zero attached hydrogens (tertiary/aromatic N) is 2. The van der Waals surface area contributed by atoms with Crippen molar-refractivity contribution in [3.8, 4) is 0 Å². The van der Waals surface area contributed by atoms with E-state index in [1.54, 1.807) is 18.2 Å². The molecule has 0 fully saturated rings. The molecule has 1 N–H and O–H groups in total. The van der Waals surface area contributed by atoms with Gasteiger partial charge in [-0.3, -0.25) is 4.79 Å². The normalized spacial score (nSPS) is 13.6. The predicted octanol–water partition coefficient (Wildman–Crippen LogP) is 1.77. The fourth-order valence-corrected chi connectivity index (χ4v) is 3.90. The number of fused-ring (bicyclic) bond motifs is 1. The number of benzene rings is 1. The summed E-state index contributed by atoms with van der Waals surface area (Å²) in [6.45, 7) is 0. The molecule has 0 spiro atoms. The van der Waals surface area contributed by atoms with Gasteiger partial charge in [-0.15, -0.1) is 0 Å². The highest BCUT2D eigenvalue weighted by molar-refractivity contribution is 7.91. The van der Waals surface area contributed by atoms with Crippen LogP contribution in [0.25, 0.3) is 0 Å². The topological polar surface area (TPSA) is 89.0 Å². The summed E-state index contributed by atoms with van der Waals surface area (Å²) in [4.78, 5) is 20.6. The Kier molecular flexibility index (Phi) is 4.38. The van der Waals surface area contributed by atoms with Crippen molar-refractivity contribution in [1.29, 1.82) is 0 Å². The van der Waals surface area contributed by atoms with Crippen LogP contribution in [0.3, 0.4) is 0 Å². The van der Waals surface area contributed by atoms with E-state index >= 15 is 0 Å². The largest absolute Gasteiger partial charge is 0.310 e. The average Bonchev–Trinajstić information content (AvgIpc) is 3.04. The summed E-state index contributed by atoms with van der Waals surface area (Å²) in [6.07, 6.45) is 4.06. The van der Waals surface area contributed by atoms with Crippen LogP contribution in [0.5, 0.6) is 0 Å². The SMILES string of the molecule is O=C(CCS(=O)(=O)c1ccccc1)Nc1ncnc2c1CCC2. The molecule has 1 heterocycles. The molecular formula is C16H17N3O3S. The lowest BCUT2D eigenvalue weighted by Gasteiger charge is -2.09. The highest BCUT2D eigenvalue weighted by Crippen LogP contribution is 2.25. The Bertz CT molecular complexity index is 820. The number of rotatable bonds is 5. The van der Waals surface area contributed by atoms with E-state index in [-0.39, 0.29) is 23.0 Å². The van der Waals surface area contributed by atoms with E-state index in [2.05, 4.69) is 15.3 Å². The summed E-state index contributed by atoms with van der Waals surface area (Å²) in [6, 6.07) is 8.14. The summed E-state index contributed by atoms with van der Waals surface area (Å²) in [5.74, 6) is -0.0669. The molecule has 7 heteroatoms. The lowest BCUT2D eigenvalue weighted by molar-refractivity contribution is -0.115. The van der Waals surface area contributed by atoms with Crippen LogP contribution in [0.1, 0.15) is 24.1 Å². The fourth-order valence-electron chi connectivity index (χ4n) is 2.63. The quantitative estimate of drug-likeness (QED) is 0.902. The van der Waals surface area contributed by atoms with Crippen molar-refractivity contribution in [3.63, 3.8) is 0 Å². The first kappa shape index (κ1) is 15.6. The summed E-state index contributed by atoms with van der Waals surface area (Å²) >= 11 is 0. The number of carbonyl (C=O) groups is 1. The second kappa shape index (κ2) is 6.45. The molecule has 1 aromatic carbocycles. The third kappa shape index (κ3) is 3.56. The number of hydrogen-bond donors (Lipinski definition) is 1. The van der Waals surface area contributed by atoms with Gasteiger partial charge in [0.25, 0.3) is 0 Å². The molecular weight excluding hydrogens is 314 g/mol. The molecule has 3 rings (SSSR count). The van der Waals surface area contributed by atoms with Crippen LogP contribution in [-0.2, 0) is 27.5 Å². The number of sulfone groups is 1. The minimum Gasteiger partial charge on any atom is -0.310 e. The van der Waals surface area contributed by atoms with Crippen molar-refractivity contribution in [2.24, 2.45) is 0 Å². The van der Waals surface area contributed by atoms with Crippen LogP contribution >= 0.6 is 0 Å². The summed E-state index contributed by atoms with van der Waals surface area (Å²) in [7, 11) is -3.45. The first-order valence-electron chi connectivity index (χ1n) is 7.47. The van der Waals surface area contributed by atoms with E-state index in [1.165, 1.54) is 18.5 Å². The molecule has 1 amide bonds. The molecule has 2 aromatic rings. The van der Waals surface area contributed by atoms with Crippen LogP contribution in [0, 0.1) is 0 Å². The zero-order chi connectivity index (χ0) is 16.3. The smallest absolute Gasteiger partial charge is 0.226 e. The van der Waals surface area contributed by atoms with Gasteiger partial charge in [-0.25, -0.2) is 18.4 Å². The first-order chi connectivity index (χ1) is 11.1. The van der Waals surface area contributed by atoms with Gasteiger partial charge in [0, 0.05) is 17.7 Å². The molecule has 0 saturated carbocycles. The van der Waals surface area contributed by atoms with E-state index in [1.807, 2.05) is 0 Å². The summed E-state index contributed by atoms with van der Waals surface area (Å²) < 4.78 is 24.3. The standard InChI is InChI=1S/C16H17N3O3S/c20-15(9-10-23(21,22)12-5-2-1-3-6-12)19-16-13-7-4-8-14(13)17-11-18-16/h1-3,5-6,11H,4,7-10H2,(H,17,18,19,20). The maximum Gasteiger partial charge on any atom is 0.226 e. The van der Waals surface area contributed by atoms with Crippen LogP contribution in [-0.4, -0.2) is 30.0 Å². The Labute approximate surface area is 134 Å². The lowest BCUT2D eigenvalue weighted by atomic mass is 10.2. The average molecular weight is 331 g/mol. The number of amides is 1. The van der Waals surface area contributed by atoms with Crippen LogP contribution in [0.15, 0.2) is 41.6 Å². The number of anilines is 1. The molecule has 1 aromatic heterocycles. The van der Waals surface area contributed by atoms with Gasteiger partial charge in [0.1, 0.15) is 12.1 Å². The van der Waals surface area contributed by atoms with Crippen LogP contribution < -0.4 is 5.32 Å². The fraction of sp³-hybridized carbons (Fsp3) is 0.312. The number of aryl methyl sites for hydroxylation is 1. The maximum absolute atomic E-state index is 12.2. The van der Waals surface area contributed by atoms with Crippen molar-refractivity contribution >= 4 is 21.6 Å². The van der Waals surface area contributed by atoms with Gasteiger partial charge in [0.05, 0.1) is 10.6 Å². The Hall–Kier alpha value is -2.28. The Balaban J connectivity index is 1.64. The molecule has 0 bridgehead atoms. The highest BCUT2D eigenvalue weighted by Gasteiger charge is 2.20. The Morgan fingerprint density at radius 3 is 2.70 bits per heavy atom. The van der Waals surface area contributed by atoms with E-state index in [0.717, 1.165) is 30.5 Å². The zero-order valence-electron chi connectivity index (χ0n) is 12.5. The third-order valence-electron chi connectivity index (χ3n) is 3.83. The van der Waals surface area contributed by atoms with Crippen molar-refractivity contribution in [2.45, 2.75) is 30.6 Å². The molecule has 6 nitrogen and oxygen atoms in total. The predicted molar refractivity (Wildman–Crippen MR) is 85.8 cm³/mol. The molecule has 23 heavy (non-hydrogen) atoms. The number of carbonyl (C=O) groups excluding carboxylic acids is 1. The number of nitrogens with one attached hydrogen (secondary N) is 1. The molecule has 1 aliphatic rings. The second-order valence-electron chi connectivity index (χ2n) is 5.43.